The number of phenols is 1. The summed E-state index contributed by atoms with van der Waals surface area (Å²) in [6.07, 6.45) is 4.33. The fraction of sp³-hybridized carbons (Fsp3) is 0.500. The van der Waals surface area contributed by atoms with Gasteiger partial charge in [0.25, 0.3) is 0 Å². The lowest BCUT2D eigenvalue weighted by molar-refractivity contribution is 0.456. The van der Waals surface area contributed by atoms with Crippen LogP contribution in [0.2, 0.25) is 5.02 Å². The molecular formula is C12H18ClNO. The third-order valence-corrected chi connectivity index (χ3v) is 2.84. The van der Waals surface area contributed by atoms with Gasteiger partial charge in [-0.25, -0.2) is 0 Å². The van der Waals surface area contributed by atoms with Crippen molar-refractivity contribution in [1.29, 1.82) is 0 Å². The van der Waals surface area contributed by atoms with Gasteiger partial charge in [-0.1, -0.05) is 49.9 Å². The highest BCUT2D eigenvalue weighted by atomic mass is 35.5. The number of hydrogen-bond donors (Lipinski definition) is 2. The molecule has 0 fully saturated rings. The zero-order valence-electron chi connectivity index (χ0n) is 9.04. The predicted octanol–water partition coefficient (Wildman–Crippen LogP) is 3.63. The molecule has 2 nitrogen and oxygen atoms in total. The molecule has 0 aromatic heterocycles. The van der Waals surface area contributed by atoms with E-state index in [0.717, 1.165) is 18.4 Å². The summed E-state index contributed by atoms with van der Waals surface area (Å²) >= 11 is 5.81. The maximum Gasteiger partial charge on any atom is 0.138 e. The molecule has 3 N–H and O–H groups in total. The van der Waals surface area contributed by atoms with E-state index in [0.29, 0.717) is 5.02 Å². The van der Waals surface area contributed by atoms with E-state index in [9.17, 15) is 5.11 Å². The van der Waals surface area contributed by atoms with Crippen molar-refractivity contribution < 1.29 is 5.11 Å². The number of hydrogen-bond acceptors (Lipinski definition) is 2. The first kappa shape index (κ1) is 12.3. The standard InChI is InChI=1S/C12H18ClNO/c1-2-3-4-8-11(14)9-6-5-7-10(13)12(9)15/h5-7,11,15H,2-4,8,14H2,1H3/t11-/m1/s1. The van der Waals surface area contributed by atoms with Crippen LogP contribution in [0.3, 0.4) is 0 Å². The smallest absolute Gasteiger partial charge is 0.138 e. The Hall–Kier alpha value is -0.730. The maximum absolute atomic E-state index is 9.71. The number of nitrogens with two attached hydrogens (primary N) is 1. The number of para-hydroxylation sites is 1. The van der Waals surface area contributed by atoms with Crippen LogP contribution in [-0.2, 0) is 0 Å². The molecule has 0 saturated heterocycles. The van der Waals surface area contributed by atoms with Crippen LogP contribution in [0, 0.1) is 0 Å². The molecule has 1 atom stereocenters. The van der Waals surface area contributed by atoms with Gasteiger partial charge < -0.3 is 10.8 Å². The molecule has 0 spiro atoms. The van der Waals surface area contributed by atoms with Crippen LogP contribution in [0.5, 0.6) is 5.75 Å². The predicted molar refractivity (Wildman–Crippen MR) is 64.2 cm³/mol. The van der Waals surface area contributed by atoms with Crippen molar-refractivity contribution in [2.75, 3.05) is 0 Å². The second-order valence-electron chi connectivity index (χ2n) is 3.78. The monoisotopic (exact) mass is 227 g/mol. The highest BCUT2D eigenvalue weighted by Gasteiger charge is 2.12. The Balaban J connectivity index is 2.65. The fourth-order valence-corrected chi connectivity index (χ4v) is 1.78. The van der Waals surface area contributed by atoms with Crippen molar-refractivity contribution in [1.82, 2.24) is 0 Å². The molecule has 3 heteroatoms. The van der Waals surface area contributed by atoms with Gasteiger partial charge in [0.2, 0.25) is 0 Å². The van der Waals surface area contributed by atoms with Gasteiger partial charge in [-0.3, -0.25) is 0 Å². The summed E-state index contributed by atoms with van der Waals surface area (Å²) in [4.78, 5) is 0. The Labute approximate surface area is 96.1 Å². The van der Waals surface area contributed by atoms with E-state index in [-0.39, 0.29) is 11.8 Å². The van der Waals surface area contributed by atoms with E-state index < -0.39 is 0 Å². The molecule has 0 bridgehead atoms. The molecule has 0 aliphatic heterocycles. The summed E-state index contributed by atoms with van der Waals surface area (Å²) in [6, 6.07) is 5.20. The van der Waals surface area contributed by atoms with Gasteiger partial charge in [-0.05, 0) is 12.5 Å². The highest BCUT2D eigenvalue weighted by Crippen LogP contribution is 2.32. The third kappa shape index (κ3) is 3.40. The van der Waals surface area contributed by atoms with Gasteiger partial charge in [0, 0.05) is 11.6 Å². The largest absolute Gasteiger partial charge is 0.506 e. The first-order chi connectivity index (χ1) is 7.16. The van der Waals surface area contributed by atoms with Gasteiger partial charge >= 0.3 is 0 Å². The molecule has 15 heavy (non-hydrogen) atoms. The van der Waals surface area contributed by atoms with E-state index >= 15 is 0 Å². The number of phenolic OH excluding ortho intramolecular Hbond substituents is 1. The zero-order valence-corrected chi connectivity index (χ0v) is 9.80. The summed E-state index contributed by atoms with van der Waals surface area (Å²) < 4.78 is 0. The van der Waals surface area contributed by atoms with Crippen LogP contribution in [-0.4, -0.2) is 5.11 Å². The average molecular weight is 228 g/mol. The Morgan fingerprint density at radius 2 is 2.13 bits per heavy atom. The number of benzene rings is 1. The topological polar surface area (TPSA) is 46.2 Å². The molecule has 0 radical (unpaired) electrons. The number of aromatic hydroxyl groups is 1. The summed E-state index contributed by atoms with van der Waals surface area (Å²) in [5.41, 5.74) is 6.74. The third-order valence-electron chi connectivity index (χ3n) is 2.54. The average Bonchev–Trinajstić information content (AvgIpc) is 2.22. The second kappa shape index (κ2) is 5.99. The highest BCUT2D eigenvalue weighted by molar-refractivity contribution is 6.32. The maximum atomic E-state index is 9.71. The van der Waals surface area contributed by atoms with Gasteiger partial charge in [0.15, 0.2) is 0 Å². The molecule has 0 saturated carbocycles. The van der Waals surface area contributed by atoms with Crippen LogP contribution < -0.4 is 5.73 Å². The van der Waals surface area contributed by atoms with Crippen LogP contribution >= 0.6 is 11.6 Å². The first-order valence-electron chi connectivity index (χ1n) is 5.39. The minimum atomic E-state index is -0.116. The van der Waals surface area contributed by atoms with Crippen molar-refractivity contribution in [3.63, 3.8) is 0 Å². The summed E-state index contributed by atoms with van der Waals surface area (Å²) in [7, 11) is 0. The molecule has 1 aromatic carbocycles. The minimum absolute atomic E-state index is 0.116. The van der Waals surface area contributed by atoms with E-state index in [4.69, 9.17) is 17.3 Å². The molecule has 0 aliphatic rings. The molecular weight excluding hydrogens is 210 g/mol. The molecule has 0 heterocycles. The van der Waals surface area contributed by atoms with E-state index in [1.807, 2.05) is 12.1 Å². The Kier molecular flexibility index (Phi) is 4.92. The zero-order chi connectivity index (χ0) is 11.3. The lowest BCUT2D eigenvalue weighted by Gasteiger charge is -2.13. The van der Waals surface area contributed by atoms with Gasteiger partial charge in [-0.15, -0.1) is 0 Å². The molecule has 1 rings (SSSR count). The molecule has 84 valence electrons. The Bertz CT molecular complexity index is 314. The minimum Gasteiger partial charge on any atom is -0.506 e. The summed E-state index contributed by atoms with van der Waals surface area (Å²) in [5, 5.41) is 10.1. The number of unbranched alkanes of at least 4 members (excludes halogenated alkanes) is 2. The fourth-order valence-electron chi connectivity index (χ4n) is 1.60. The lowest BCUT2D eigenvalue weighted by atomic mass is 10.0. The second-order valence-corrected chi connectivity index (χ2v) is 4.19. The quantitative estimate of drug-likeness (QED) is 0.755. The van der Waals surface area contributed by atoms with E-state index in [2.05, 4.69) is 6.92 Å². The van der Waals surface area contributed by atoms with E-state index in [1.165, 1.54) is 12.8 Å². The Morgan fingerprint density at radius 3 is 2.80 bits per heavy atom. The van der Waals surface area contributed by atoms with Crippen molar-refractivity contribution >= 4 is 11.6 Å². The number of halogens is 1. The Morgan fingerprint density at radius 1 is 1.40 bits per heavy atom. The number of rotatable bonds is 5. The van der Waals surface area contributed by atoms with Crippen LogP contribution in [0.25, 0.3) is 0 Å². The van der Waals surface area contributed by atoms with Gasteiger partial charge in [0.05, 0.1) is 5.02 Å². The van der Waals surface area contributed by atoms with Crippen molar-refractivity contribution in [3.8, 4) is 5.75 Å². The lowest BCUT2D eigenvalue weighted by Crippen LogP contribution is -2.10. The molecule has 0 unspecified atom stereocenters. The van der Waals surface area contributed by atoms with Gasteiger partial charge in [0.1, 0.15) is 5.75 Å². The van der Waals surface area contributed by atoms with Crippen LogP contribution in [0.1, 0.15) is 44.2 Å². The summed E-state index contributed by atoms with van der Waals surface area (Å²) in [6.45, 7) is 2.16. The molecule has 0 amide bonds. The van der Waals surface area contributed by atoms with Crippen LogP contribution in [0.4, 0.5) is 0 Å². The molecule has 1 aromatic rings. The molecule has 0 aliphatic carbocycles. The van der Waals surface area contributed by atoms with Crippen molar-refractivity contribution in [2.24, 2.45) is 5.73 Å². The first-order valence-corrected chi connectivity index (χ1v) is 5.77. The SMILES string of the molecule is CCCCC[C@@H](N)c1cccc(Cl)c1O. The van der Waals surface area contributed by atoms with Crippen molar-refractivity contribution in [2.45, 2.75) is 38.6 Å². The van der Waals surface area contributed by atoms with Gasteiger partial charge in [-0.2, -0.15) is 0 Å². The van der Waals surface area contributed by atoms with E-state index in [1.54, 1.807) is 6.07 Å². The summed E-state index contributed by atoms with van der Waals surface area (Å²) in [5.74, 6) is 0.128. The normalized spacial score (nSPS) is 12.7. The van der Waals surface area contributed by atoms with Crippen LogP contribution in [0.15, 0.2) is 18.2 Å². The van der Waals surface area contributed by atoms with Crippen molar-refractivity contribution in [3.05, 3.63) is 28.8 Å².